The van der Waals surface area contributed by atoms with Gasteiger partial charge in [-0.3, -0.25) is 9.69 Å². The molecule has 2 unspecified atom stereocenters. The number of aliphatic hydroxyl groups is 1. The third kappa shape index (κ3) is 4.05. The fourth-order valence-electron chi connectivity index (χ4n) is 3.05. The van der Waals surface area contributed by atoms with E-state index >= 15 is 0 Å². The van der Waals surface area contributed by atoms with Crippen LogP contribution in [0.1, 0.15) is 37.3 Å². The summed E-state index contributed by atoms with van der Waals surface area (Å²) < 4.78 is 0. The van der Waals surface area contributed by atoms with Gasteiger partial charge in [-0.25, -0.2) is 0 Å². The third-order valence-corrected chi connectivity index (χ3v) is 4.40. The number of nitrogens with one attached hydrogen (secondary N) is 1. The molecule has 1 aliphatic rings. The molecule has 4 heteroatoms. The molecule has 0 radical (unpaired) electrons. The van der Waals surface area contributed by atoms with Crippen LogP contribution in [0.25, 0.3) is 0 Å². The number of amides is 1. The molecule has 0 aliphatic carbocycles. The third-order valence-electron chi connectivity index (χ3n) is 4.40. The highest BCUT2D eigenvalue weighted by atomic mass is 16.3. The van der Waals surface area contributed by atoms with E-state index in [2.05, 4.69) is 17.1 Å². The number of aliphatic hydroxyl groups excluding tert-OH is 1. The SMILES string of the molecule is Cc1ccc(C)c(NC(=O)CN2C(C)CCCC2CO)c1. The first-order valence-electron chi connectivity index (χ1n) is 7.75. The summed E-state index contributed by atoms with van der Waals surface area (Å²) in [4.78, 5) is 14.4. The van der Waals surface area contributed by atoms with Crippen molar-refractivity contribution in [2.75, 3.05) is 18.5 Å². The first-order valence-corrected chi connectivity index (χ1v) is 7.75. The minimum atomic E-state index is -0.00380. The summed E-state index contributed by atoms with van der Waals surface area (Å²) in [6, 6.07) is 6.51. The maximum absolute atomic E-state index is 12.3. The number of carbonyl (C=O) groups excluding carboxylic acids is 1. The van der Waals surface area contributed by atoms with Crippen molar-refractivity contribution in [2.24, 2.45) is 0 Å². The monoisotopic (exact) mass is 290 g/mol. The van der Waals surface area contributed by atoms with Gasteiger partial charge in [-0.2, -0.15) is 0 Å². The summed E-state index contributed by atoms with van der Waals surface area (Å²) in [7, 11) is 0. The lowest BCUT2D eigenvalue weighted by molar-refractivity contribution is -0.119. The predicted molar refractivity (Wildman–Crippen MR) is 85.4 cm³/mol. The molecule has 0 saturated carbocycles. The fourth-order valence-corrected chi connectivity index (χ4v) is 3.05. The molecule has 0 bridgehead atoms. The molecule has 21 heavy (non-hydrogen) atoms. The van der Waals surface area contributed by atoms with Crippen LogP contribution in [0.2, 0.25) is 0 Å². The molecule has 2 N–H and O–H groups in total. The average molecular weight is 290 g/mol. The van der Waals surface area contributed by atoms with E-state index in [1.54, 1.807) is 0 Å². The summed E-state index contributed by atoms with van der Waals surface area (Å²) >= 11 is 0. The van der Waals surface area contributed by atoms with Crippen LogP contribution < -0.4 is 5.32 Å². The molecule has 2 rings (SSSR count). The molecular formula is C17H26N2O2. The summed E-state index contributed by atoms with van der Waals surface area (Å²) in [6.07, 6.45) is 3.19. The van der Waals surface area contributed by atoms with Crippen molar-refractivity contribution >= 4 is 11.6 Å². The van der Waals surface area contributed by atoms with Crippen LogP contribution in [0.3, 0.4) is 0 Å². The van der Waals surface area contributed by atoms with Gasteiger partial charge in [0.2, 0.25) is 5.91 Å². The van der Waals surface area contributed by atoms with Crippen LogP contribution in [0.15, 0.2) is 18.2 Å². The number of likely N-dealkylation sites (tertiary alicyclic amines) is 1. The molecule has 1 saturated heterocycles. The number of rotatable bonds is 4. The molecule has 1 aromatic carbocycles. The Morgan fingerprint density at radius 1 is 1.38 bits per heavy atom. The predicted octanol–water partition coefficient (Wildman–Crippen LogP) is 2.48. The van der Waals surface area contributed by atoms with Gasteiger partial charge in [0.15, 0.2) is 0 Å². The molecule has 1 fully saturated rings. The molecule has 116 valence electrons. The molecule has 1 amide bonds. The Labute approximate surface area is 127 Å². The van der Waals surface area contributed by atoms with Crippen LogP contribution >= 0.6 is 0 Å². The molecular weight excluding hydrogens is 264 g/mol. The second-order valence-corrected chi connectivity index (χ2v) is 6.16. The number of aryl methyl sites for hydroxylation is 2. The number of hydrogen-bond donors (Lipinski definition) is 2. The normalized spacial score (nSPS) is 23.0. The van der Waals surface area contributed by atoms with Crippen molar-refractivity contribution in [1.82, 2.24) is 4.90 Å². The maximum atomic E-state index is 12.3. The summed E-state index contributed by atoms with van der Waals surface area (Å²) in [6.45, 7) is 6.62. The Balaban J connectivity index is 2.01. The number of hydrogen-bond acceptors (Lipinski definition) is 3. The van der Waals surface area contributed by atoms with Gasteiger partial charge < -0.3 is 10.4 Å². The van der Waals surface area contributed by atoms with Gasteiger partial charge in [-0.05, 0) is 50.8 Å². The number of carbonyl (C=O) groups is 1. The van der Waals surface area contributed by atoms with Gasteiger partial charge in [-0.1, -0.05) is 18.6 Å². The number of nitrogens with zero attached hydrogens (tertiary/aromatic N) is 1. The molecule has 1 aromatic rings. The van der Waals surface area contributed by atoms with Crippen LogP contribution in [-0.2, 0) is 4.79 Å². The van der Waals surface area contributed by atoms with E-state index in [-0.39, 0.29) is 18.6 Å². The fraction of sp³-hybridized carbons (Fsp3) is 0.588. The molecule has 1 heterocycles. The minimum absolute atomic E-state index is 0.00380. The highest BCUT2D eigenvalue weighted by molar-refractivity contribution is 5.93. The lowest BCUT2D eigenvalue weighted by Gasteiger charge is -2.39. The van der Waals surface area contributed by atoms with Crippen molar-refractivity contribution < 1.29 is 9.90 Å². The molecule has 1 aliphatic heterocycles. The van der Waals surface area contributed by atoms with Crippen LogP contribution in [0, 0.1) is 13.8 Å². The molecule has 0 aromatic heterocycles. The van der Waals surface area contributed by atoms with Gasteiger partial charge in [0.1, 0.15) is 0 Å². The van der Waals surface area contributed by atoms with Crippen molar-refractivity contribution in [2.45, 2.75) is 52.1 Å². The van der Waals surface area contributed by atoms with Gasteiger partial charge in [0.05, 0.1) is 13.2 Å². The highest BCUT2D eigenvalue weighted by Gasteiger charge is 2.28. The van der Waals surface area contributed by atoms with Crippen molar-refractivity contribution in [1.29, 1.82) is 0 Å². The van der Waals surface area contributed by atoms with Gasteiger partial charge in [0.25, 0.3) is 0 Å². The van der Waals surface area contributed by atoms with E-state index in [4.69, 9.17) is 0 Å². The van der Waals surface area contributed by atoms with Crippen LogP contribution in [-0.4, -0.2) is 41.1 Å². The minimum Gasteiger partial charge on any atom is -0.395 e. The Kier molecular flexibility index (Phi) is 5.37. The Morgan fingerprint density at radius 2 is 2.14 bits per heavy atom. The van der Waals surface area contributed by atoms with E-state index in [0.717, 1.165) is 36.1 Å². The first kappa shape index (κ1) is 16.0. The zero-order chi connectivity index (χ0) is 15.4. The summed E-state index contributed by atoms with van der Waals surface area (Å²) in [5.41, 5.74) is 3.08. The van der Waals surface area contributed by atoms with Gasteiger partial charge >= 0.3 is 0 Å². The van der Waals surface area contributed by atoms with E-state index in [0.29, 0.717) is 12.6 Å². The molecule has 2 atom stereocenters. The lowest BCUT2D eigenvalue weighted by atomic mass is 9.97. The zero-order valence-electron chi connectivity index (χ0n) is 13.2. The average Bonchev–Trinajstić information content (AvgIpc) is 2.45. The van der Waals surface area contributed by atoms with E-state index in [1.807, 2.05) is 32.0 Å². The summed E-state index contributed by atoms with van der Waals surface area (Å²) in [5.74, 6) is -0.00380. The van der Waals surface area contributed by atoms with Crippen molar-refractivity contribution in [3.05, 3.63) is 29.3 Å². The van der Waals surface area contributed by atoms with Crippen molar-refractivity contribution in [3.8, 4) is 0 Å². The number of anilines is 1. The summed E-state index contributed by atoms with van der Waals surface area (Å²) in [5, 5.41) is 12.5. The van der Waals surface area contributed by atoms with Gasteiger partial charge in [0, 0.05) is 17.8 Å². The second-order valence-electron chi connectivity index (χ2n) is 6.16. The Morgan fingerprint density at radius 3 is 2.86 bits per heavy atom. The topological polar surface area (TPSA) is 52.6 Å². The zero-order valence-corrected chi connectivity index (χ0v) is 13.2. The molecule has 4 nitrogen and oxygen atoms in total. The Bertz CT molecular complexity index is 502. The number of piperidine rings is 1. The highest BCUT2D eigenvalue weighted by Crippen LogP contribution is 2.23. The maximum Gasteiger partial charge on any atom is 0.238 e. The smallest absolute Gasteiger partial charge is 0.238 e. The molecule has 0 spiro atoms. The van der Waals surface area contributed by atoms with Crippen molar-refractivity contribution in [3.63, 3.8) is 0 Å². The number of benzene rings is 1. The van der Waals surface area contributed by atoms with E-state index in [1.165, 1.54) is 0 Å². The quantitative estimate of drug-likeness (QED) is 0.895. The lowest BCUT2D eigenvalue weighted by Crippen LogP contribution is -2.50. The Hall–Kier alpha value is -1.39. The second kappa shape index (κ2) is 7.05. The largest absolute Gasteiger partial charge is 0.395 e. The van der Waals surface area contributed by atoms with Crippen LogP contribution in [0.4, 0.5) is 5.69 Å². The van der Waals surface area contributed by atoms with Crippen LogP contribution in [0.5, 0.6) is 0 Å². The van der Waals surface area contributed by atoms with Gasteiger partial charge in [-0.15, -0.1) is 0 Å². The van der Waals surface area contributed by atoms with E-state index in [9.17, 15) is 9.90 Å². The van der Waals surface area contributed by atoms with E-state index < -0.39 is 0 Å². The first-order chi connectivity index (χ1) is 10.0. The standard InChI is InChI=1S/C17H26N2O2/c1-12-7-8-13(2)16(9-12)18-17(21)10-19-14(3)5-4-6-15(19)11-20/h7-9,14-15,20H,4-6,10-11H2,1-3H3,(H,18,21).